The summed E-state index contributed by atoms with van der Waals surface area (Å²) in [5, 5.41) is 10.9. The molecule has 2 N–H and O–H groups in total. The second-order valence-electron chi connectivity index (χ2n) is 5.84. The van der Waals surface area contributed by atoms with E-state index in [1.165, 1.54) is 0 Å². The summed E-state index contributed by atoms with van der Waals surface area (Å²) < 4.78 is 1.87. The molecule has 0 saturated carbocycles. The van der Waals surface area contributed by atoms with Gasteiger partial charge in [-0.15, -0.1) is 0 Å². The van der Waals surface area contributed by atoms with Crippen LogP contribution < -0.4 is 10.6 Å². The van der Waals surface area contributed by atoms with Gasteiger partial charge in [0.1, 0.15) is 0 Å². The summed E-state index contributed by atoms with van der Waals surface area (Å²) in [7, 11) is 1.94. The summed E-state index contributed by atoms with van der Waals surface area (Å²) in [6, 6.07) is 0. The van der Waals surface area contributed by atoms with Crippen LogP contribution in [0.1, 0.15) is 43.1 Å². The van der Waals surface area contributed by atoms with Gasteiger partial charge in [-0.2, -0.15) is 5.10 Å². The molecule has 0 unspecified atom stereocenters. The van der Waals surface area contributed by atoms with Crippen molar-refractivity contribution in [1.82, 2.24) is 20.4 Å². The van der Waals surface area contributed by atoms with Crippen molar-refractivity contribution < 1.29 is 4.79 Å². The van der Waals surface area contributed by atoms with Gasteiger partial charge in [-0.3, -0.25) is 9.48 Å². The number of carbonyl (C=O) groups excluding carboxylic acids is 1. The lowest BCUT2D eigenvalue weighted by atomic mass is 9.76. The lowest BCUT2D eigenvalue weighted by Crippen LogP contribution is -2.47. The Kier molecular flexibility index (Phi) is 4.48. The second-order valence-corrected chi connectivity index (χ2v) is 5.84. The van der Waals surface area contributed by atoms with Crippen molar-refractivity contribution in [2.24, 2.45) is 12.5 Å². The third kappa shape index (κ3) is 2.73. The Morgan fingerprint density at radius 3 is 2.55 bits per heavy atom. The Hall–Kier alpha value is -1.36. The molecule has 1 aromatic rings. The number of nitrogens with zero attached hydrogens (tertiary/aromatic N) is 2. The van der Waals surface area contributed by atoms with Crippen LogP contribution in [0.25, 0.3) is 0 Å². The maximum Gasteiger partial charge on any atom is 0.226 e. The lowest BCUT2D eigenvalue weighted by molar-refractivity contribution is -0.133. The molecule has 0 radical (unpaired) electrons. The van der Waals surface area contributed by atoms with Crippen molar-refractivity contribution in [3.05, 3.63) is 17.0 Å². The monoisotopic (exact) mass is 278 g/mol. The van der Waals surface area contributed by atoms with Crippen LogP contribution in [-0.4, -0.2) is 28.8 Å². The van der Waals surface area contributed by atoms with Crippen molar-refractivity contribution in [1.29, 1.82) is 0 Å². The maximum absolute atomic E-state index is 12.6. The van der Waals surface area contributed by atoms with E-state index in [9.17, 15) is 4.79 Å². The van der Waals surface area contributed by atoms with Crippen molar-refractivity contribution in [2.75, 3.05) is 13.1 Å². The van der Waals surface area contributed by atoms with Crippen molar-refractivity contribution in [3.8, 4) is 0 Å². The van der Waals surface area contributed by atoms with Crippen LogP contribution in [0.4, 0.5) is 0 Å². The van der Waals surface area contributed by atoms with E-state index in [0.717, 1.165) is 49.3 Å². The minimum atomic E-state index is -0.185. The van der Waals surface area contributed by atoms with Gasteiger partial charge in [-0.05, 0) is 46.2 Å². The van der Waals surface area contributed by atoms with Crippen LogP contribution in [0.3, 0.4) is 0 Å². The summed E-state index contributed by atoms with van der Waals surface area (Å²) in [6.45, 7) is 8.61. The van der Waals surface area contributed by atoms with Crippen LogP contribution in [0, 0.1) is 19.3 Å². The van der Waals surface area contributed by atoms with Crippen LogP contribution in [0.5, 0.6) is 0 Å². The van der Waals surface area contributed by atoms with E-state index in [2.05, 4.69) is 22.7 Å². The summed E-state index contributed by atoms with van der Waals surface area (Å²) in [4.78, 5) is 12.6. The quantitative estimate of drug-likeness (QED) is 0.876. The summed E-state index contributed by atoms with van der Waals surface area (Å²) in [5.41, 5.74) is 3.08. The summed E-state index contributed by atoms with van der Waals surface area (Å²) in [6.07, 6.45) is 2.77. The topological polar surface area (TPSA) is 59.0 Å². The second kappa shape index (κ2) is 5.95. The van der Waals surface area contributed by atoms with Crippen molar-refractivity contribution in [3.63, 3.8) is 0 Å². The molecule has 1 saturated heterocycles. The van der Waals surface area contributed by atoms with E-state index in [1.807, 2.05) is 25.6 Å². The third-order valence-corrected chi connectivity index (χ3v) is 4.80. The third-order valence-electron chi connectivity index (χ3n) is 4.80. The van der Waals surface area contributed by atoms with Crippen LogP contribution >= 0.6 is 0 Å². The molecule has 1 aliphatic rings. The average Bonchev–Trinajstić information content (AvgIpc) is 2.70. The van der Waals surface area contributed by atoms with E-state index in [-0.39, 0.29) is 11.3 Å². The number of aryl methyl sites for hydroxylation is 2. The molecular weight excluding hydrogens is 252 g/mol. The van der Waals surface area contributed by atoms with Gasteiger partial charge >= 0.3 is 0 Å². The fraction of sp³-hybridized carbons (Fsp3) is 0.733. The number of hydrogen-bond acceptors (Lipinski definition) is 3. The van der Waals surface area contributed by atoms with Crippen LogP contribution in [-0.2, 0) is 18.4 Å². The molecule has 1 aliphatic heterocycles. The smallest absolute Gasteiger partial charge is 0.226 e. The van der Waals surface area contributed by atoms with Gasteiger partial charge < -0.3 is 10.6 Å². The first kappa shape index (κ1) is 15.0. The van der Waals surface area contributed by atoms with Gasteiger partial charge in [-0.1, -0.05) is 6.92 Å². The normalized spacial score (nSPS) is 18.0. The molecule has 0 bridgehead atoms. The molecular formula is C15H26N4O. The number of carbonyl (C=O) groups is 1. The number of amides is 1. The van der Waals surface area contributed by atoms with E-state index in [4.69, 9.17) is 0 Å². The highest BCUT2D eigenvalue weighted by Gasteiger charge is 2.37. The van der Waals surface area contributed by atoms with Crippen molar-refractivity contribution >= 4 is 5.91 Å². The van der Waals surface area contributed by atoms with Crippen LogP contribution in [0.2, 0.25) is 0 Å². The van der Waals surface area contributed by atoms with E-state index < -0.39 is 0 Å². The standard InChI is InChI=1S/C15H26N4O/c1-5-15(6-8-16-9-7-15)14(20)17-10-13-11(2)18-19(4)12(13)3/h16H,5-10H2,1-4H3,(H,17,20). The van der Waals surface area contributed by atoms with E-state index in [0.29, 0.717) is 6.54 Å². The molecule has 112 valence electrons. The summed E-state index contributed by atoms with van der Waals surface area (Å²) in [5.74, 6) is 0.198. The highest BCUT2D eigenvalue weighted by Crippen LogP contribution is 2.32. The molecule has 2 rings (SSSR count). The largest absolute Gasteiger partial charge is 0.351 e. The minimum Gasteiger partial charge on any atom is -0.351 e. The molecule has 1 aromatic heterocycles. The Labute approximate surface area is 121 Å². The first-order valence-corrected chi connectivity index (χ1v) is 7.48. The molecule has 5 nitrogen and oxygen atoms in total. The number of aromatic nitrogens is 2. The highest BCUT2D eigenvalue weighted by molar-refractivity contribution is 5.82. The van der Waals surface area contributed by atoms with Gasteiger partial charge in [0.2, 0.25) is 5.91 Å². The van der Waals surface area contributed by atoms with Crippen LogP contribution in [0.15, 0.2) is 0 Å². The average molecular weight is 278 g/mol. The molecule has 5 heteroatoms. The number of hydrogen-bond donors (Lipinski definition) is 2. The fourth-order valence-electron chi connectivity index (χ4n) is 3.08. The van der Waals surface area contributed by atoms with Gasteiger partial charge in [-0.25, -0.2) is 0 Å². The zero-order valence-electron chi connectivity index (χ0n) is 13.0. The molecule has 0 spiro atoms. The molecule has 0 atom stereocenters. The number of piperidine rings is 1. The van der Waals surface area contributed by atoms with Crippen molar-refractivity contribution in [2.45, 2.75) is 46.6 Å². The van der Waals surface area contributed by atoms with Gasteiger partial charge in [0.25, 0.3) is 0 Å². The molecule has 1 amide bonds. The van der Waals surface area contributed by atoms with E-state index in [1.54, 1.807) is 0 Å². The Morgan fingerprint density at radius 2 is 2.05 bits per heavy atom. The summed E-state index contributed by atoms with van der Waals surface area (Å²) >= 11 is 0. The number of rotatable bonds is 4. The minimum absolute atomic E-state index is 0.185. The van der Waals surface area contributed by atoms with Gasteiger partial charge in [0, 0.05) is 24.8 Å². The Balaban J connectivity index is 2.04. The molecule has 2 heterocycles. The zero-order chi connectivity index (χ0) is 14.8. The molecule has 20 heavy (non-hydrogen) atoms. The Bertz CT molecular complexity index is 486. The fourth-order valence-corrected chi connectivity index (χ4v) is 3.08. The predicted octanol–water partition coefficient (Wildman–Crippen LogP) is 1.43. The SMILES string of the molecule is CCC1(C(=O)NCc2c(C)nn(C)c2C)CCNCC1. The first-order valence-electron chi connectivity index (χ1n) is 7.48. The maximum atomic E-state index is 12.6. The molecule has 1 fully saturated rings. The zero-order valence-corrected chi connectivity index (χ0v) is 13.0. The Morgan fingerprint density at radius 1 is 1.40 bits per heavy atom. The number of nitrogens with one attached hydrogen (secondary N) is 2. The van der Waals surface area contributed by atoms with E-state index >= 15 is 0 Å². The molecule has 0 aromatic carbocycles. The predicted molar refractivity (Wildman–Crippen MR) is 79.4 cm³/mol. The molecule has 0 aliphatic carbocycles. The first-order chi connectivity index (χ1) is 9.50. The highest BCUT2D eigenvalue weighted by atomic mass is 16.2. The lowest BCUT2D eigenvalue weighted by Gasteiger charge is -2.35. The van der Waals surface area contributed by atoms with Gasteiger partial charge in [0.05, 0.1) is 11.1 Å². The van der Waals surface area contributed by atoms with Gasteiger partial charge in [0.15, 0.2) is 0 Å².